The van der Waals surface area contributed by atoms with Crippen molar-refractivity contribution in [1.29, 1.82) is 0 Å². The van der Waals surface area contributed by atoms with E-state index in [4.69, 9.17) is 4.74 Å². The Morgan fingerprint density at radius 3 is 2.53 bits per heavy atom. The highest BCUT2D eigenvalue weighted by molar-refractivity contribution is 5.80. The summed E-state index contributed by atoms with van der Waals surface area (Å²) in [6.07, 6.45) is 0.770. The van der Waals surface area contributed by atoms with Gasteiger partial charge in [-0.05, 0) is 12.8 Å². The predicted molar refractivity (Wildman–Crippen MR) is 50.8 cm³/mol. The SMILES string of the molecule is O=C(O)C1(c2cc(=O)[nH][nH]2)CCOCC1. The fourth-order valence-corrected chi connectivity index (χ4v) is 1.91. The van der Waals surface area contributed by atoms with Crippen molar-refractivity contribution in [3.8, 4) is 0 Å². The number of ether oxygens (including phenoxy) is 1. The molecule has 1 aliphatic rings. The van der Waals surface area contributed by atoms with Crippen LogP contribution in [0.15, 0.2) is 10.9 Å². The smallest absolute Gasteiger partial charge is 0.315 e. The quantitative estimate of drug-likeness (QED) is 0.634. The molecule has 0 bridgehead atoms. The summed E-state index contributed by atoms with van der Waals surface area (Å²) in [5.74, 6) is -0.916. The third-order valence-electron chi connectivity index (χ3n) is 2.87. The van der Waals surface area contributed by atoms with Gasteiger partial charge < -0.3 is 14.9 Å². The number of carboxylic acids is 1. The molecule has 1 fully saturated rings. The molecule has 2 rings (SSSR count). The number of H-pyrrole nitrogens is 2. The highest BCUT2D eigenvalue weighted by Gasteiger charge is 2.43. The topological polar surface area (TPSA) is 95.2 Å². The minimum atomic E-state index is -1.00. The van der Waals surface area contributed by atoms with Crippen LogP contribution in [-0.4, -0.2) is 34.5 Å². The van der Waals surface area contributed by atoms with Gasteiger partial charge in [-0.3, -0.25) is 14.7 Å². The number of aromatic amines is 2. The number of nitrogens with one attached hydrogen (secondary N) is 2. The van der Waals surface area contributed by atoms with E-state index in [1.54, 1.807) is 0 Å². The van der Waals surface area contributed by atoms with Crippen LogP contribution in [0.3, 0.4) is 0 Å². The van der Waals surface area contributed by atoms with Gasteiger partial charge in [-0.25, -0.2) is 0 Å². The maximum atomic E-state index is 11.3. The van der Waals surface area contributed by atoms with E-state index in [0.717, 1.165) is 0 Å². The Labute approximate surface area is 85.2 Å². The van der Waals surface area contributed by atoms with Crippen molar-refractivity contribution in [3.05, 3.63) is 22.1 Å². The average Bonchev–Trinajstić information content (AvgIpc) is 2.66. The lowest BCUT2D eigenvalue weighted by Crippen LogP contribution is -2.41. The summed E-state index contributed by atoms with van der Waals surface area (Å²) >= 11 is 0. The molecule has 1 saturated heterocycles. The van der Waals surface area contributed by atoms with Gasteiger partial charge in [0.05, 0.1) is 5.69 Å². The molecular weight excluding hydrogens is 200 g/mol. The molecule has 0 saturated carbocycles. The van der Waals surface area contributed by atoms with E-state index in [1.165, 1.54) is 6.07 Å². The summed E-state index contributed by atoms with van der Waals surface area (Å²) in [5, 5.41) is 14.2. The molecule has 6 nitrogen and oxygen atoms in total. The first kappa shape index (κ1) is 9.97. The van der Waals surface area contributed by atoms with Crippen molar-refractivity contribution in [3.63, 3.8) is 0 Å². The van der Waals surface area contributed by atoms with Gasteiger partial charge >= 0.3 is 5.97 Å². The molecule has 3 N–H and O–H groups in total. The molecule has 0 radical (unpaired) electrons. The average molecular weight is 212 g/mol. The monoisotopic (exact) mass is 212 g/mol. The lowest BCUT2D eigenvalue weighted by molar-refractivity contribution is -0.148. The zero-order valence-corrected chi connectivity index (χ0v) is 8.08. The van der Waals surface area contributed by atoms with Gasteiger partial charge in [-0.2, -0.15) is 0 Å². The Balaban J connectivity index is 2.41. The lowest BCUT2D eigenvalue weighted by atomic mass is 9.77. The first-order chi connectivity index (χ1) is 7.15. The maximum absolute atomic E-state index is 11.3. The van der Waals surface area contributed by atoms with Crippen molar-refractivity contribution in [2.45, 2.75) is 18.3 Å². The molecule has 82 valence electrons. The molecule has 1 aromatic heterocycles. The van der Waals surface area contributed by atoms with Crippen LogP contribution in [0.25, 0.3) is 0 Å². The molecule has 0 aromatic carbocycles. The van der Waals surface area contributed by atoms with Crippen molar-refractivity contribution < 1.29 is 14.6 Å². The Hall–Kier alpha value is -1.56. The van der Waals surface area contributed by atoms with E-state index < -0.39 is 11.4 Å². The zero-order valence-electron chi connectivity index (χ0n) is 8.08. The van der Waals surface area contributed by atoms with Crippen LogP contribution in [-0.2, 0) is 14.9 Å². The summed E-state index contributed by atoms with van der Waals surface area (Å²) < 4.78 is 5.14. The Morgan fingerprint density at radius 2 is 2.07 bits per heavy atom. The van der Waals surface area contributed by atoms with E-state index in [0.29, 0.717) is 31.7 Å². The van der Waals surface area contributed by atoms with Gasteiger partial charge in [-0.15, -0.1) is 0 Å². The van der Waals surface area contributed by atoms with Gasteiger partial charge in [0.2, 0.25) is 0 Å². The maximum Gasteiger partial charge on any atom is 0.315 e. The second-order valence-corrected chi connectivity index (χ2v) is 3.67. The number of carbonyl (C=O) groups is 1. The first-order valence-corrected chi connectivity index (χ1v) is 4.74. The van der Waals surface area contributed by atoms with Crippen LogP contribution < -0.4 is 5.56 Å². The minimum absolute atomic E-state index is 0.308. The highest BCUT2D eigenvalue weighted by Crippen LogP contribution is 2.33. The molecule has 0 unspecified atom stereocenters. The molecule has 0 atom stereocenters. The standard InChI is InChI=1S/C9H12N2O4/c12-7-5-6(10-11-7)9(8(13)14)1-3-15-4-2-9/h5H,1-4H2,(H,13,14)(H2,10,11,12). The second kappa shape index (κ2) is 3.54. The fourth-order valence-electron chi connectivity index (χ4n) is 1.91. The predicted octanol–water partition coefficient (Wildman–Crippen LogP) is -0.164. The van der Waals surface area contributed by atoms with E-state index in [-0.39, 0.29) is 5.56 Å². The van der Waals surface area contributed by atoms with Crippen molar-refractivity contribution >= 4 is 5.97 Å². The highest BCUT2D eigenvalue weighted by atomic mass is 16.5. The van der Waals surface area contributed by atoms with Gasteiger partial charge in [-0.1, -0.05) is 0 Å². The Morgan fingerprint density at radius 1 is 1.40 bits per heavy atom. The molecule has 6 heteroatoms. The van der Waals surface area contributed by atoms with Crippen LogP contribution in [0, 0.1) is 0 Å². The lowest BCUT2D eigenvalue weighted by Gasteiger charge is -2.31. The van der Waals surface area contributed by atoms with Crippen molar-refractivity contribution in [2.24, 2.45) is 0 Å². The summed E-state index contributed by atoms with van der Waals surface area (Å²) in [7, 11) is 0. The second-order valence-electron chi connectivity index (χ2n) is 3.67. The van der Waals surface area contributed by atoms with Crippen molar-refractivity contribution in [2.75, 3.05) is 13.2 Å². The Kier molecular flexibility index (Phi) is 2.36. The number of carboxylic acid groups (broad SMARTS) is 1. The largest absolute Gasteiger partial charge is 0.481 e. The third-order valence-corrected chi connectivity index (χ3v) is 2.87. The molecule has 1 aromatic rings. The molecule has 0 spiro atoms. The number of hydrogen-bond acceptors (Lipinski definition) is 3. The van der Waals surface area contributed by atoms with Crippen LogP contribution >= 0.6 is 0 Å². The summed E-state index contributed by atoms with van der Waals surface area (Å²) in [4.78, 5) is 22.3. The van der Waals surface area contributed by atoms with E-state index in [9.17, 15) is 14.7 Å². The van der Waals surface area contributed by atoms with Gasteiger partial charge in [0, 0.05) is 19.3 Å². The first-order valence-electron chi connectivity index (χ1n) is 4.74. The van der Waals surface area contributed by atoms with Gasteiger partial charge in [0.1, 0.15) is 5.41 Å². The minimum Gasteiger partial charge on any atom is -0.481 e. The number of rotatable bonds is 2. The molecule has 1 aliphatic heterocycles. The van der Waals surface area contributed by atoms with Crippen LogP contribution in [0.1, 0.15) is 18.5 Å². The molecule has 15 heavy (non-hydrogen) atoms. The summed E-state index contributed by atoms with van der Waals surface area (Å²) in [6.45, 7) is 0.805. The summed E-state index contributed by atoms with van der Waals surface area (Å²) in [5.41, 5.74) is -0.877. The van der Waals surface area contributed by atoms with Crippen LogP contribution in [0.4, 0.5) is 0 Å². The third kappa shape index (κ3) is 1.56. The van der Waals surface area contributed by atoms with E-state index in [2.05, 4.69) is 10.2 Å². The molecule has 0 aliphatic carbocycles. The molecule has 0 amide bonds. The number of aliphatic carboxylic acids is 1. The summed E-state index contributed by atoms with van der Waals surface area (Å²) in [6, 6.07) is 1.30. The normalized spacial score (nSPS) is 20.0. The zero-order chi connectivity index (χ0) is 10.9. The van der Waals surface area contributed by atoms with Gasteiger partial charge in [0.15, 0.2) is 0 Å². The number of aromatic nitrogens is 2. The van der Waals surface area contributed by atoms with Crippen LogP contribution in [0.2, 0.25) is 0 Å². The van der Waals surface area contributed by atoms with E-state index in [1.807, 2.05) is 0 Å². The number of hydrogen-bond donors (Lipinski definition) is 3. The molecule has 2 heterocycles. The van der Waals surface area contributed by atoms with Crippen LogP contribution in [0.5, 0.6) is 0 Å². The van der Waals surface area contributed by atoms with E-state index >= 15 is 0 Å². The Bertz CT molecular complexity index is 414. The van der Waals surface area contributed by atoms with Crippen molar-refractivity contribution in [1.82, 2.24) is 10.2 Å². The molecular formula is C9H12N2O4. The van der Waals surface area contributed by atoms with Gasteiger partial charge in [0.25, 0.3) is 5.56 Å². The fraction of sp³-hybridized carbons (Fsp3) is 0.556.